The van der Waals surface area contributed by atoms with Crippen molar-refractivity contribution in [3.63, 3.8) is 0 Å². The summed E-state index contributed by atoms with van der Waals surface area (Å²) in [6, 6.07) is 12.2. The third-order valence-corrected chi connectivity index (χ3v) is 7.67. The molecule has 0 unspecified atom stereocenters. The number of anilines is 2. The molecule has 2 aromatic rings. The SMILES string of the molecule is CCCCCCN1C(=O)C(=C2C(=O)N(CC(=O)Nc3ccc(OC)cc3OC)c3ccccc32)SC1=S. The highest BCUT2D eigenvalue weighted by molar-refractivity contribution is 8.26. The second kappa shape index (κ2) is 11.8. The van der Waals surface area contributed by atoms with Crippen LogP contribution in [0.5, 0.6) is 11.5 Å². The van der Waals surface area contributed by atoms with E-state index in [1.807, 2.05) is 6.07 Å². The van der Waals surface area contributed by atoms with Gasteiger partial charge in [-0.15, -0.1) is 0 Å². The maximum absolute atomic E-state index is 13.6. The van der Waals surface area contributed by atoms with Gasteiger partial charge in [0.1, 0.15) is 22.4 Å². The maximum Gasteiger partial charge on any atom is 0.267 e. The summed E-state index contributed by atoms with van der Waals surface area (Å²) in [4.78, 5) is 43.2. The quantitative estimate of drug-likeness (QED) is 0.263. The van der Waals surface area contributed by atoms with E-state index < -0.39 is 11.8 Å². The van der Waals surface area contributed by atoms with Gasteiger partial charge in [-0.3, -0.25) is 24.2 Å². The monoisotopic (exact) mass is 539 g/mol. The van der Waals surface area contributed by atoms with Gasteiger partial charge in [-0.1, -0.05) is 68.4 Å². The van der Waals surface area contributed by atoms with E-state index in [-0.39, 0.29) is 12.5 Å². The molecule has 4 rings (SSSR count). The van der Waals surface area contributed by atoms with E-state index in [0.29, 0.717) is 49.8 Å². The summed E-state index contributed by atoms with van der Waals surface area (Å²) in [6.07, 6.45) is 4.07. The van der Waals surface area contributed by atoms with Crippen LogP contribution in [0, 0.1) is 0 Å². The van der Waals surface area contributed by atoms with Crippen LogP contribution in [0.1, 0.15) is 38.2 Å². The van der Waals surface area contributed by atoms with E-state index >= 15 is 0 Å². The zero-order valence-corrected chi connectivity index (χ0v) is 22.7. The number of fused-ring (bicyclic) bond motifs is 1. The molecule has 2 aliphatic rings. The van der Waals surface area contributed by atoms with Gasteiger partial charge >= 0.3 is 0 Å². The number of para-hydroxylation sites is 1. The van der Waals surface area contributed by atoms with Gasteiger partial charge in [0.15, 0.2) is 0 Å². The van der Waals surface area contributed by atoms with E-state index in [9.17, 15) is 14.4 Å². The van der Waals surface area contributed by atoms with Crippen LogP contribution in [0.15, 0.2) is 47.4 Å². The molecule has 8 nitrogen and oxygen atoms in total. The van der Waals surface area contributed by atoms with Gasteiger partial charge in [-0.2, -0.15) is 0 Å². The Kier molecular flexibility index (Phi) is 8.50. The molecule has 0 radical (unpaired) electrons. The first kappa shape index (κ1) is 26.7. The summed E-state index contributed by atoms with van der Waals surface area (Å²) in [7, 11) is 3.04. The van der Waals surface area contributed by atoms with Crippen LogP contribution < -0.4 is 19.7 Å². The zero-order valence-electron chi connectivity index (χ0n) is 21.0. The smallest absolute Gasteiger partial charge is 0.267 e. The van der Waals surface area contributed by atoms with Crippen molar-refractivity contribution in [3.05, 3.63) is 52.9 Å². The van der Waals surface area contributed by atoms with Gasteiger partial charge in [0.25, 0.3) is 11.8 Å². The maximum atomic E-state index is 13.6. The molecule has 10 heteroatoms. The molecule has 194 valence electrons. The molecule has 1 saturated heterocycles. The summed E-state index contributed by atoms with van der Waals surface area (Å²) in [5.74, 6) is -0.0326. The molecule has 1 N–H and O–H groups in total. The second-order valence-corrected chi connectivity index (χ2v) is 10.3. The summed E-state index contributed by atoms with van der Waals surface area (Å²) in [5, 5.41) is 2.80. The number of hydrogen-bond donors (Lipinski definition) is 1. The van der Waals surface area contributed by atoms with Crippen LogP contribution >= 0.6 is 24.0 Å². The van der Waals surface area contributed by atoms with Crippen molar-refractivity contribution in [3.8, 4) is 11.5 Å². The molecule has 0 saturated carbocycles. The second-order valence-electron chi connectivity index (χ2n) is 8.61. The summed E-state index contributed by atoms with van der Waals surface area (Å²) >= 11 is 6.64. The van der Waals surface area contributed by atoms with Gasteiger partial charge in [-0.25, -0.2) is 0 Å². The van der Waals surface area contributed by atoms with Crippen molar-refractivity contribution in [1.29, 1.82) is 0 Å². The first-order chi connectivity index (χ1) is 17.9. The Labute approximate surface area is 226 Å². The van der Waals surface area contributed by atoms with Crippen LogP contribution in [-0.2, 0) is 14.4 Å². The van der Waals surface area contributed by atoms with E-state index in [2.05, 4.69) is 12.2 Å². The van der Waals surface area contributed by atoms with E-state index in [1.165, 1.54) is 12.0 Å². The predicted octanol–water partition coefficient (Wildman–Crippen LogP) is 4.84. The Hall–Kier alpha value is -3.37. The molecule has 1 fully saturated rings. The Bertz CT molecular complexity index is 1280. The topological polar surface area (TPSA) is 88.2 Å². The molecule has 0 aliphatic carbocycles. The summed E-state index contributed by atoms with van der Waals surface area (Å²) in [6.45, 7) is 2.44. The van der Waals surface area contributed by atoms with Gasteiger partial charge in [0.2, 0.25) is 5.91 Å². The molecule has 0 atom stereocenters. The highest BCUT2D eigenvalue weighted by Gasteiger charge is 2.42. The van der Waals surface area contributed by atoms with Crippen molar-refractivity contribution in [2.24, 2.45) is 0 Å². The van der Waals surface area contributed by atoms with Crippen molar-refractivity contribution < 1.29 is 23.9 Å². The van der Waals surface area contributed by atoms with Crippen molar-refractivity contribution in [2.45, 2.75) is 32.6 Å². The lowest BCUT2D eigenvalue weighted by molar-refractivity contribution is -0.122. The fourth-order valence-electron chi connectivity index (χ4n) is 4.33. The van der Waals surface area contributed by atoms with Gasteiger partial charge < -0.3 is 14.8 Å². The van der Waals surface area contributed by atoms with Crippen LogP contribution in [0.3, 0.4) is 0 Å². The Morgan fingerprint density at radius 1 is 1.00 bits per heavy atom. The van der Waals surface area contributed by atoms with Crippen molar-refractivity contribution in [1.82, 2.24) is 4.90 Å². The molecular weight excluding hydrogens is 510 g/mol. The number of rotatable bonds is 10. The number of thioether (sulfide) groups is 1. The molecule has 2 heterocycles. The number of thiocarbonyl (C=S) groups is 1. The standard InChI is InChI=1S/C27H29N3O5S2/c1-4-5-6-9-14-29-26(33)24(37-27(29)36)23-18-10-7-8-11-20(18)30(25(23)32)16-22(31)28-19-13-12-17(34-2)15-21(19)35-3/h7-8,10-13,15H,4-6,9,14,16H2,1-3H3,(H,28,31). The number of carbonyl (C=O) groups excluding carboxylic acids is 3. The van der Waals surface area contributed by atoms with E-state index in [0.717, 1.165) is 37.4 Å². The number of unbranched alkanes of at least 4 members (excludes halogenated alkanes) is 3. The van der Waals surface area contributed by atoms with Crippen LogP contribution in [0.4, 0.5) is 11.4 Å². The van der Waals surface area contributed by atoms with Gasteiger partial charge in [0, 0.05) is 18.2 Å². The molecule has 0 aromatic heterocycles. The highest BCUT2D eigenvalue weighted by Crippen LogP contribution is 2.44. The number of nitrogens with zero attached hydrogens (tertiary/aromatic N) is 2. The van der Waals surface area contributed by atoms with Crippen LogP contribution in [0.25, 0.3) is 5.57 Å². The number of hydrogen-bond acceptors (Lipinski definition) is 7. The Morgan fingerprint density at radius 2 is 1.78 bits per heavy atom. The third-order valence-electron chi connectivity index (χ3n) is 6.22. The first-order valence-corrected chi connectivity index (χ1v) is 13.3. The third kappa shape index (κ3) is 5.50. The number of nitrogens with one attached hydrogen (secondary N) is 1. The molecule has 3 amide bonds. The Balaban J connectivity index is 1.57. The number of carbonyl (C=O) groups is 3. The molecule has 2 aliphatic heterocycles. The van der Waals surface area contributed by atoms with E-state index in [1.54, 1.807) is 48.4 Å². The zero-order chi connectivity index (χ0) is 26.5. The minimum atomic E-state index is -0.406. The largest absolute Gasteiger partial charge is 0.497 e. The average Bonchev–Trinajstić information content (AvgIpc) is 3.33. The van der Waals surface area contributed by atoms with Crippen LogP contribution in [0.2, 0.25) is 0 Å². The summed E-state index contributed by atoms with van der Waals surface area (Å²) < 4.78 is 11.0. The first-order valence-electron chi connectivity index (χ1n) is 12.1. The fraction of sp³-hybridized carbons (Fsp3) is 0.333. The molecule has 0 bridgehead atoms. The van der Waals surface area contributed by atoms with E-state index in [4.69, 9.17) is 21.7 Å². The Morgan fingerprint density at radius 3 is 2.51 bits per heavy atom. The predicted molar refractivity (Wildman–Crippen MR) is 150 cm³/mol. The lowest BCUT2D eigenvalue weighted by atomic mass is 10.1. The lowest BCUT2D eigenvalue weighted by Crippen LogP contribution is -2.35. The molecular formula is C27H29N3O5S2. The number of amides is 3. The number of methoxy groups -OCH3 is 2. The molecule has 0 spiro atoms. The average molecular weight is 540 g/mol. The normalized spacial score (nSPS) is 16.9. The van der Waals surface area contributed by atoms with Gasteiger partial charge in [0.05, 0.1) is 36.1 Å². The van der Waals surface area contributed by atoms with Crippen LogP contribution in [-0.4, -0.2) is 54.3 Å². The number of ether oxygens (including phenoxy) is 2. The van der Waals surface area contributed by atoms with Crippen molar-refractivity contribution >= 4 is 63.0 Å². The minimum absolute atomic E-state index is 0.230. The molecule has 2 aromatic carbocycles. The fourth-order valence-corrected chi connectivity index (χ4v) is 5.71. The number of benzene rings is 2. The van der Waals surface area contributed by atoms with Gasteiger partial charge in [-0.05, 0) is 24.6 Å². The minimum Gasteiger partial charge on any atom is -0.497 e. The highest BCUT2D eigenvalue weighted by atomic mass is 32.2. The van der Waals surface area contributed by atoms with Crippen molar-refractivity contribution in [2.75, 3.05) is 37.5 Å². The molecule has 37 heavy (non-hydrogen) atoms. The lowest BCUT2D eigenvalue weighted by Gasteiger charge is -2.18. The summed E-state index contributed by atoms with van der Waals surface area (Å²) in [5.41, 5.74) is 1.94.